The van der Waals surface area contributed by atoms with Gasteiger partial charge in [0, 0.05) is 0 Å². The summed E-state index contributed by atoms with van der Waals surface area (Å²) in [6, 6.07) is 15.5. The Hall–Kier alpha value is -2.16. The quantitative estimate of drug-likeness (QED) is 0.776. The van der Waals surface area contributed by atoms with Gasteiger partial charge in [0.1, 0.15) is 5.82 Å². The third kappa shape index (κ3) is 3.91. The van der Waals surface area contributed by atoms with Crippen LogP contribution in [-0.4, -0.2) is 5.97 Å². The number of ether oxygens (including phenoxy) is 1. The topological polar surface area (TPSA) is 26.3 Å². The van der Waals surface area contributed by atoms with E-state index in [1.54, 1.807) is 12.1 Å². The number of hydrogen-bond acceptors (Lipinski definition) is 2. The molecule has 0 heterocycles. The highest BCUT2D eigenvalue weighted by atomic mass is 19.1. The number of hydrogen-bond donors (Lipinski definition) is 0. The highest BCUT2D eigenvalue weighted by Gasteiger charge is 2.27. The van der Waals surface area contributed by atoms with E-state index in [0.29, 0.717) is 0 Å². The molecule has 0 N–H and O–H groups in total. The minimum Gasteiger partial charge on any atom is -0.452 e. The fourth-order valence-electron chi connectivity index (χ4n) is 1.88. The van der Waals surface area contributed by atoms with Crippen LogP contribution in [0.4, 0.5) is 4.39 Å². The van der Waals surface area contributed by atoms with Crippen molar-refractivity contribution < 1.29 is 13.9 Å². The van der Waals surface area contributed by atoms with Crippen LogP contribution >= 0.6 is 0 Å². The second kappa shape index (κ2) is 6.08. The Kier molecular flexibility index (Phi) is 4.41. The third-order valence-electron chi connectivity index (χ3n) is 3.11. The molecule has 2 nitrogen and oxygen atoms in total. The van der Waals surface area contributed by atoms with Crippen molar-refractivity contribution in [2.75, 3.05) is 0 Å². The minimum absolute atomic E-state index is 0.291. The van der Waals surface area contributed by atoms with Crippen LogP contribution in [0, 0.1) is 11.2 Å². The molecule has 0 aliphatic heterocycles. The monoisotopic (exact) mass is 286 g/mol. The lowest BCUT2D eigenvalue weighted by Crippen LogP contribution is -2.25. The zero-order chi connectivity index (χ0) is 15.5. The number of rotatable bonds is 3. The molecule has 110 valence electrons. The summed E-state index contributed by atoms with van der Waals surface area (Å²) in [6.45, 7) is 5.42. The molecule has 1 unspecified atom stereocenters. The van der Waals surface area contributed by atoms with E-state index in [-0.39, 0.29) is 11.8 Å². The fraction of sp³-hybridized carbons (Fsp3) is 0.278. The largest absolute Gasteiger partial charge is 0.452 e. The van der Waals surface area contributed by atoms with Gasteiger partial charge in [0.15, 0.2) is 6.10 Å². The van der Waals surface area contributed by atoms with Crippen LogP contribution in [0.25, 0.3) is 0 Å². The van der Waals surface area contributed by atoms with Gasteiger partial charge >= 0.3 is 5.97 Å². The summed E-state index contributed by atoms with van der Waals surface area (Å²) in [5.74, 6) is -0.603. The Bertz CT molecular complexity index is 597. The number of esters is 1. The zero-order valence-corrected chi connectivity index (χ0v) is 12.5. The highest BCUT2D eigenvalue weighted by molar-refractivity contribution is 5.76. The molecular formula is C18H19FO2. The Morgan fingerprint density at radius 3 is 2.00 bits per heavy atom. The summed E-state index contributed by atoms with van der Waals surface area (Å²) in [4.78, 5) is 12.2. The second-order valence-corrected chi connectivity index (χ2v) is 6.00. The van der Waals surface area contributed by atoms with Gasteiger partial charge < -0.3 is 4.74 Å². The van der Waals surface area contributed by atoms with Crippen LogP contribution in [0.5, 0.6) is 0 Å². The van der Waals surface area contributed by atoms with Crippen LogP contribution < -0.4 is 0 Å². The van der Waals surface area contributed by atoms with Crippen LogP contribution in [0.1, 0.15) is 38.0 Å². The number of carbonyl (C=O) groups excluding carboxylic acids is 1. The van der Waals surface area contributed by atoms with Crippen molar-refractivity contribution in [3.05, 3.63) is 71.5 Å². The van der Waals surface area contributed by atoms with Gasteiger partial charge in [0.2, 0.25) is 0 Å². The van der Waals surface area contributed by atoms with E-state index in [1.165, 1.54) is 12.1 Å². The lowest BCUT2D eigenvalue weighted by molar-refractivity contribution is -0.157. The SMILES string of the molecule is CC(C)(C)C(=O)OC(c1ccccc1)c1ccc(F)cc1. The molecule has 2 aromatic rings. The van der Waals surface area contributed by atoms with Crippen molar-refractivity contribution in [1.82, 2.24) is 0 Å². The maximum Gasteiger partial charge on any atom is 0.312 e. The van der Waals surface area contributed by atoms with Crippen molar-refractivity contribution in [3.8, 4) is 0 Å². The molecule has 0 saturated heterocycles. The van der Waals surface area contributed by atoms with Gasteiger partial charge in [0.05, 0.1) is 5.41 Å². The van der Waals surface area contributed by atoms with E-state index in [2.05, 4.69) is 0 Å². The predicted molar refractivity (Wildman–Crippen MR) is 80.2 cm³/mol. The van der Waals surface area contributed by atoms with Crippen molar-refractivity contribution in [3.63, 3.8) is 0 Å². The molecule has 2 rings (SSSR count). The third-order valence-corrected chi connectivity index (χ3v) is 3.11. The van der Waals surface area contributed by atoms with Gasteiger partial charge in [-0.1, -0.05) is 42.5 Å². The van der Waals surface area contributed by atoms with Crippen LogP contribution in [0.3, 0.4) is 0 Å². The van der Waals surface area contributed by atoms with Gasteiger partial charge in [-0.2, -0.15) is 0 Å². The second-order valence-electron chi connectivity index (χ2n) is 6.00. The van der Waals surface area contributed by atoms with Gasteiger partial charge in [-0.15, -0.1) is 0 Å². The lowest BCUT2D eigenvalue weighted by Gasteiger charge is -2.24. The molecule has 2 aromatic carbocycles. The molecule has 0 radical (unpaired) electrons. The van der Waals surface area contributed by atoms with Gasteiger partial charge in [0.25, 0.3) is 0 Å². The lowest BCUT2D eigenvalue weighted by atomic mass is 9.96. The molecule has 1 atom stereocenters. The van der Waals surface area contributed by atoms with E-state index < -0.39 is 11.5 Å². The number of benzene rings is 2. The predicted octanol–water partition coefficient (Wildman–Crippen LogP) is 4.50. The minimum atomic E-state index is -0.590. The summed E-state index contributed by atoms with van der Waals surface area (Å²) < 4.78 is 18.8. The fourth-order valence-corrected chi connectivity index (χ4v) is 1.88. The van der Waals surface area contributed by atoms with Crippen molar-refractivity contribution in [2.24, 2.45) is 5.41 Å². The molecule has 0 fully saturated rings. The molecule has 0 amide bonds. The van der Waals surface area contributed by atoms with E-state index >= 15 is 0 Å². The van der Waals surface area contributed by atoms with Gasteiger partial charge in [-0.3, -0.25) is 4.79 Å². The Morgan fingerprint density at radius 2 is 1.48 bits per heavy atom. The smallest absolute Gasteiger partial charge is 0.312 e. The number of carbonyl (C=O) groups is 1. The van der Waals surface area contributed by atoms with Gasteiger partial charge in [-0.05, 0) is 44.0 Å². The Morgan fingerprint density at radius 1 is 0.952 bits per heavy atom. The molecule has 0 aliphatic carbocycles. The average molecular weight is 286 g/mol. The molecular weight excluding hydrogens is 267 g/mol. The van der Waals surface area contributed by atoms with E-state index in [4.69, 9.17) is 4.74 Å². The summed E-state index contributed by atoms with van der Waals surface area (Å²) in [7, 11) is 0. The summed E-state index contributed by atoms with van der Waals surface area (Å²) in [5, 5.41) is 0. The maximum absolute atomic E-state index is 13.1. The van der Waals surface area contributed by atoms with E-state index in [0.717, 1.165) is 11.1 Å². The normalized spacial score (nSPS) is 12.8. The van der Waals surface area contributed by atoms with E-state index in [9.17, 15) is 9.18 Å². The molecule has 0 aliphatic rings. The number of halogens is 1. The standard InChI is InChI=1S/C18H19FO2/c1-18(2,3)17(20)21-16(13-7-5-4-6-8-13)14-9-11-15(19)12-10-14/h4-12,16H,1-3H3. The molecule has 0 aromatic heterocycles. The highest BCUT2D eigenvalue weighted by Crippen LogP contribution is 2.29. The van der Waals surface area contributed by atoms with Crippen molar-refractivity contribution >= 4 is 5.97 Å². The zero-order valence-electron chi connectivity index (χ0n) is 12.5. The Balaban J connectivity index is 2.36. The summed E-state index contributed by atoms with van der Waals surface area (Å²) in [5.41, 5.74) is 1.02. The first-order valence-electron chi connectivity index (χ1n) is 6.89. The maximum atomic E-state index is 13.1. The first kappa shape index (κ1) is 15.2. The van der Waals surface area contributed by atoms with Crippen LogP contribution in [0.15, 0.2) is 54.6 Å². The average Bonchev–Trinajstić information content (AvgIpc) is 2.45. The molecule has 21 heavy (non-hydrogen) atoms. The Labute approximate surface area is 124 Å². The molecule has 0 spiro atoms. The molecule has 0 bridgehead atoms. The van der Waals surface area contributed by atoms with Crippen molar-refractivity contribution in [2.45, 2.75) is 26.9 Å². The van der Waals surface area contributed by atoms with Crippen molar-refractivity contribution in [1.29, 1.82) is 0 Å². The van der Waals surface area contributed by atoms with E-state index in [1.807, 2.05) is 51.1 Å². The summed E-state index contributed by atoms with van der Waals surface area (Å²) >= 11 is 0. The van der Waals surface area contributed by atoms with Gasteiger partial charge in [-0.25, -0.2) is 4.39 Å². The van der Waals surface area contributed by atoms with Crippen LogP contribution in [-0.2, 0) is 9.53 Å². The first-order valence-corrected chi connectivity index (χ1v) is 6.89. The summed E-state index contributed by atoms with van der Waals surface area (Å²) in [6.07, 6.45) is -0.529. The van der Waals surface area contributed by atoms with Crippen LogP contribution in [0.2, 0.25) is 0 Å². The molecule has 0 saturated carbocycles. The first-order chi connectivity index (χ1) is 9.88. The molecule has 3 heteroatoms.